The van der Waals surface area contributed by atoms with Crippen molar-refractivity contribution in [1.29, 1.82) is 0 Å². The molecule has 1 aliphatic heterocycles. The molecule has 12 heteroatoms. The highest BCUT2D eigenvalue weighted by atomic mass is 35.5. The number of pyridine rings is 2. The largest absolute Gasteiger partial charge is 0.459 e. The Hall–Kier alpha value is -4.38. The number of piperidine rings is 1. The van der Waals surface area contributed by atoms with Gasteiger partial charge in [-0.05, 0) is 66.9 Å². The van der Waals surface area contributed by atoms with Crippen molar-refractivity contribution in [3.8, 4) is 11.3 Å². The molecule has 1 aliphatic rings. The Morgan fingerprint density at radius 3 is 2.54 bits per heavy atom. The number of likely N-dealkylation sites (tertiary alicyclic amines) is 1. The number of nitrogen functional groups attached to an aromatic ring is 1. The molecule has 0 saturated carbocycles. The number of anilines is 1. The van der Waals surface area contributed by atoms with Gasteiger partial charge < -0.3 is 20.4 Å². The van der Waals surface area contributed by atoms with Crippen molar-refractivity contribution in [3.63, 3.8) is 0 Å². The highest BCUT2D eigenvalue weighted by molar-refractivity contribution is 6.20. The maximum atomic E-state index is 14.0. The van der Waals surface area contributed by atoms with Gasteiger partial charge in [-0.25, -0.2) is 4.98 Å². The maximum absolute atomic E-state index is 14.0. The standard InChI is InChI=1S/C29H25ClF3N5O3/c30-21-7-9-38(10-8-21)28(40)18-3-4-24(35-15-18)19-11-20-12-22(41-27(20)23(13-19)29(31,32)33)16-37-26(39)6-2-17-1-5-25(34)36-14-17/h1-6,11-15,21H,7-10,16H2,(H2,34,36)(H,37,39)/b6-2+. The van der Waals surface area contributed by atoms with Crippen LogP contribution < -0.4 is 11.1 Å². The molecule has 41 heavy (non-hydrogen) atoms. The number of halogens is 4. The number of fused-ring (bicyclic) bond motifs is 1. The van der Waals surface area contributed by atoms with Gasteiger partial charge in [0.05, 0.1) is 23.4 Å². The second-order valence-corrected chi connectivity index (χ2v) is 10.2. The zero-order valence-corrected chi connectivity index (χ0v) is 22.4. The number of nitrogens with zero attached hydrogens (tertiary/aromatic N) is 3. The molecule has 1 fully saturated rings. The molecule has 0 spiro atoms. The topological polar surface area (TPSA) is 114 Å². The van der Waals surface area contributed by atoms with Crippen LogP contribution in [0, 0.1) is 0 Å². The zero-order chi connectivity index (χ0) is 29.1. The minimum atomic E-state index is -4.70. The van der Waals surface area contributed by atoms with Crippen LogP contribution in [0.2, 0.25) is 0 Å². The van der Waals surface area contributed by atoms with Crippen LogP contribution in [0.15, 0.2) is 65.4 Å². The van der Waals surface area contributed by atoms with Crippen LogP contribution in [0.5, 0.6) is 0 Å². The van der Waals surface area contributed by atoms with Gasteiger partial charge >= 0.3 is 6.18 Å². The van der Waals surface area contributed by atoms with E-state index in [-0.39, 0.29) is 45.8 Å². The number of nitrogens with one attached hydrogen (secondary N) is 1. The molecule has 0 unspecified atom stereocenters. The lowest BCUT2D eigenvalue weighted by molar-refractivity contribution is -0.136. The van der Waals surface area contributed by atoms with Crippen LogP contribution in [0.4, 0.5) is 19.0 Å². The fourth-order valence-electron chi connectivity index (χ4n) is 4.50. The molecule has 0 atom stereocenters. The van der Waals surface area contributed by atoms with E-state index in [1.165, 1.54) is 42.7 Å². The number of benzene rings is 1. The van der Waals surface area contributed by atoms with E-state index in [2.05, 4.69) is 15.3 Å². The number of hydrogen-bond acceptors (Lipinski definition) is 6. The number of alkyl halides is 4. The molecule has 5 rings (SSSR count). The molecular weight excluding hydrogens is 559 g/mol. The van der Waals surface area contributed by atoms with E-state index >= 15 is 0 Å². The molecular formula is C29H25ClF3N5O3. The van der Waals surface area contributed by atoms with Gasteiger partial charge in [0, 0.05) is 47.9 Å². The van der Waals surface area contributed by atoms with Crippen molar-refractivity contribution in [1.82, 2.24) is 20.2 Å². The van der Waals surface area contributed by atoms with Crippen molar-refractivity contribution >= 4 is 46.3 Å². The summed E-state index contributed by atoms with van der Waals surface area (Å²) in [6.45, 7) is 0.959. The number of carbonyl (C=O) groups excluding carboxylic acids is 2. The van der Waals surface area contributed by atoms with Gasteiger partial charge in [0.2, 0.25) is 5.91 Å². The molecule has 1 saturated heterocycles. The smallest absolute Gasteiger partial charge is 0.420 e. The van der Waals surface area contributed by atoms with Crippen LogP contribution in [0.25, 0.3) is 28.3 Å². The van der Waals surface area contributed by atoms with Gasteiger partial charge in [-0.1, -0.05) is 0 Å². The van der Waals surface area contributed by atoms with E-state index in [9.17, 15) is 22.8 Å². The predicted octanol–water partition coefficient (Wildman–Crippen LogP) is 5.66. The lowest BCUT2D eigenvalue weighted by Gasteiger charge is -2.29. The van der Waals surface area contributed by atoms with E-state index in [0.29, 0.717) is 42.9 Å². The first-order valence-electron chi connectivity index (χ1n) is 12.8. The highest BCUT2D eigenvalue weighted by Gasteiger charge is 2.35. The Morgan fingerprint density at radius 2 is 1.88 bits per heavy atom. The van der Waals surface area contributed by atoms with Crippen molar-refractivity contribution in [2.24, 2.45) is 0 Å². The summed E-state index contributed by atoms with van der Waals surface area (Å²) in [5, 5.41) is 2.84. The van der Waals surface area contributed by atoms with Gasteiger partial charge in [-0.2, -0.15) is 13.2 Å². The fourth-order valence-corrected chi connectivity index (χ4v) is 4.69. The van der Waals surface area contributed by atoms with Crippen molar-refractivity contribution in [2.75, 3.05) is 18.8 Å². The molecule has 3 N–H and O–H groups in total. The quantitative estimate of drug-likeness (QED) is 0.223. The lowest BCUT2D eigenvalue weighted by atomic mass is 10.0. The summed E-state index contributed by atoms with van der Waals surface area (Å²) in [6.07, 6.45) is 2.37. The molecule has 2 amide bonds. The molecule has 0 radical (unpaired) electrons. The van der Waals surface area contributed by atoms with E-state index in [1.54, 1.807) is 23.1 Å². The van der Waals surface area contributed by atoms with Crippen molar-refractivity contribution in [3.05, 3.63) is 83.4 Å². The van der Waals surface area contributed by atoms with E-state index in [0.717, 1.165) is 6.07 Å². The molecule has 212 valence electrons. The first kappa shape index (κ1) is 28.2. The minimum absolute atomic E-state index is 0.0481. The van der Waals surface area contributed by atoms with E-state index in [1.807, 2.05) is 0 Å². The normalized spacial score (nSPS) is 14.6. The first-order chi connectivity index (χ1) is 19.6. The average molecular weight is 584 g/mol. The Labute approximate surface area is 238 Å². The molecule has 0 aliphatic carbocycles. The minimum Gasteiger partial charge on any atom is -0.459 e. The summed E-state index contributed by atoms with van der Waals surface area (Å²) in [5.74, 6) is -0.169. The van der Waals surface area contributed by atoms with E-state index < -0.39 is 17.6 Å². The highest BCUT2D eigenvalue weighted by Crippen LogP contribution is 2.39. The summed E-state index contributed by atoms with van der Waals surface area (Å²) in [6, 6.07) is 10.3. The zero-order valence-electron chi connectivity index (χ0n) is 21.6. The van der Waals surface area contributed by atoms with Gasteiger partial charge in [0.1, 0.15) is 17.2 Å². The second kappa shape index (κ2) is 11.6. The molecule has 0 bridgehead atoms. The first-order valence-corrected chi connectivity index (χ1v) is 13.2. The van der Waals surface area contributed by atoms with Gasteiger partial charge in [-0.15, -0.1) is 11.6 Å². The Balaban J connectivity index is 1.34. The Kier molecular flexibility index (Phi) is 7.98. The van der Waals surface area contributed by atoms with Gasteiger partial charge in [0.15, 0.2) is 0 Å². The second-order valence-electron chi connectivity index (χ2n) is 9.62. The molecule has 4 aromatic rings. The SMILES string of the molecule is Nc1ccc(/C=C/C(=O)NCc2cc3cc(-c4ccc(C(=O)N5CCC(Cl)CC5)cn4)cc(C(F)(F)F)c3o2)cn1. The summed E-state index contributed by atoms with van der Waals surface area (Å²) in [4.78, 5) is 34.9. The molecule has 3 aromatic heterocycles. The average Bonchev–Trinajstić information content (AvgIpc) is 3.38. The van der Waals surface area contributed by atoms with Gasteiger partial charge in [-0.3, -0.25) is 14.6 Å². The predicted molar refractivity (Wildman–Crippen MR) is 149 cm³/mol. The van der Waals surface area contributed by atoms with Gasteiger partial charge in [0.25, 0.3) is 5.91 Å². The summed E-state index contributed by atoms with van der Waals surface area (Å²) >= 11 is 6.11. The van der Waals surface area contributed by atoms with Crippen molar-refractivity contribution < 1.29 is 27.2 Å². The number of rotatable bonds is 6. The van der Waals surface area contributed by atoms with Crippen LogP contribution in [-0.4, -0.2) is 45.1 Å². The fraction of sp³-hybridized carbons (Fsp3) is 0.241. The number of nitrogens with two attached hydrogens (primary N) is 1. The monoisotopic (exact) mass is 583 g/mol. The number of hydrogen-bond donors (Lipinski definition) is 2. The Bertz CT molecular complexity index is 1590. The summed E-state index contributed by atoms with van der Waals surface area (Å²) in [5.41, 5.74) is 5.71. The third kappa shape index (κ3) is 6.68. The summed E-state index contributed by atoms with van der Waals surface area (Å²) in [7, 11) is 0. The van der Waals surface area contributed by atoms with Crippen LogP contribution in [-0.2, 0) is 17.5 Å². The number of furan rings is 1. The van der Waals surface area contributed by atoms with E-state index in [4.69, 9.17) is 21.8 Å². The number of aromatic nitrogens is 2. The third-order valence-electron chi connectivity index (χ3n) is 6.66. The lowest BCUT2D eigenvalue weighted by Crippen LogP contribution is -2.38. The summed E-state index contributed by atoms with van der Waals surface area (Å²) < 4.78 is 47.5. The van der Waals surface area contributed by atoms with Crippen LogP contribution in [0.1, 0.15) is 40.1 Å². The third-order valence-corrected chi connectivity index (χ3v) is 7.10. The molecule has 4 heterocycles. The maximum Gasteiger partial charge on any atom is 0.420 e. The molecule has 8 nitrogen and oxygen atoms in total. The van der Waals surface area contributed by atoms with Crippen LogP contribution in [0.3, 0.4) is 0 Å². The van der Waals surface area contributed by atoms with Crippen molar-refractivity contribution in [2.45, 2.75) is 30.9 Å². The molecule has 1 aromatic carbocycles. The number of carbonyl (C=O) groups is 2. The van der Waals surface area contributed by atoms with Crippen LogP contribution >= 0.6 is 11.6 Å². The number of amides is 2. The Morgan fingerprint density at radius 1 is 1.10 bits per heavy atom.